The molecule has 1 aliphatic heterocycles. The van der Waals surface area contributed by atoms with E-state index in [1.807, 2.05) is 24.8 Å². The number of likely N-dealkylation sites (tertiary alicyclic amines) is 1. The summed E-state index contributed by atoms with van der Waals surface area (Å²) in [7, 11) is 0. The molecule has 1 aromatic rings. The zero-order valence-corrected chi connectivity index (χ0v) is 11.5. The quantitative estimate of drug-likeness (QED) is 0.849. The molecule has 0 aliphatic carbocycles. The van der Waals surface area contributed by atoms with Crippen LogP contribution in [0.15, 0.2) is 6.07 Å². The zero-order chi connectivity index (χ0) is 14.0. The van der Waals surface area contributed by atoms with Gasteiger partial charge in [-0.15, -0.1) is 0 Å². The summed E-state index contributed by atoms with van der Waals surface area (Å²) in [5, 5.41) is 0. The summed E-state index contributed by atoms with van der Waals surface area (Å²) in [6, 6.07) is 2.02. The van der Waals surface area contributed by atoms with Crippen LogP contribution in [0.4, 0.5) is 0 Å². The number of primary amides is 1. The monoisotopic (exact) mass is 263 g/mol. The van der Waals surface area contributed by atoms with Gasteiger partial charge in [-0.05, 0) is 38.3 Å². The fourth-order valence-electron chi connectivity index (χ4n) is 2.65. The van der Waals surface area contributed by atoms with Gasteiger partial charge in [-0.3, -0.25) is 9.59 Å². The van der Waals surface area contributed by atoms with Crippen molar-refractivity contribution < 1.29 is 9.59 Å². The van der Waals surface area contributed by atoms with Crippen molar-refractivity contribution in [2.75, 3.05) is 13.1 Å². The first-order valence-corrected chi connectivity index (χ1v) is 6.69. The molecule has 0 spiro atoms. The molecule has 5 heteroatoms. The van der Waals surface area contributed by atoms with E-state index in [0.717, 1.165) is 17.0 Å². The Bertz CT molecular complexity index is 485. The smallest absolute Gasteiger partial charge is 0.227 e. The van der Waals surface area contributed by atoms with Crippen LogP contribution in [0.3, 0.4) is 0 Å². The summed E-state index contributed by atoms with van der Waals surface area (Å²) in [6.07, 6.45) is 1.80. The lowest BCUT2D eigenvalue weighted by atomic mass is 9.96. The second-order valence-corrected chi connectivity index (χ2v) is 5.34. The van der Waals surface area contributed by atoms with Crippen molar-refractivity contribution in [2.45, 2.75) is 33.1 Å². The van der Waals surface area contributed by atoms with E-state index in [-0.39, 0.29) is 17.7 Å². The first-order chi connectivity index (χ1) is 8.97. The highest BCUT2D eigenvalue weighted by Gasteiger charge is 2.26. The molecule has 0 radical (unpaired) electrons. The minimum absolute atomic E-state index is 0.0692. The number of nitrogens with two attached hydrogens (primary N) is 1. The van der Waals surface area contributed by atoms with E-state index in [2.05, 4.69) is 4.98 Å². The van der Waals surface area contributed by atoms with Crippen LogP contribution < -0.4 is 5.73 Å². The molecule has 0 bridgehead atoms. The van der Waals surface area contributed by atoms with E-state index in [4.69, 9.17) is 5.73 Å². The van der Waals surface area contributed by atoms with Crippen LogP contribution in [0.2, 0.25) is 0 Å². The first kappa shape index (κ1) is 13.6. The molecule has 1 saturated heterocycles. The Morgan fingerprint density at radius 2 is 2.00 bits per heavy atom. The van der Waals surface area contributed by atoms with Gasteiger partial charge in [0.15, 0.2) is 0 Å². The molecule has 2 rings (SSSR count). The van der Waals surface area contributed by atoms with Gasteiger partial charge in [0, 0.05) is 30.4 Å². The summed E-state index contributed by atoms with van der Waals surface area (Å²) in [5.74, 6) is -0.186. The highest BCUT2D eigenvalue weighted by atomic mass is 16.2. The van der Waals surface area contributed by atoms with E-state index >= 15 is 0 Å². The largest absolute Gasteiger partial charge is 0.369 e. The second-order valence-electron chi connectivity index (χ2n) is 5.34. The minimum Gasteiger partial charge on any atom is -0.369 e. The molecule has 2 heterocycles. The predicted molar refractivity (Wildman–Crippen MR) is 72.5 cm³/mol. The molecule has 0 atom stereocenters. The van der Waals surface area contributed by atoms with Gasteiger partial charge in [-0.1, -0.05) is 0 Å². The van der Waals surface area contributed by atoms with Gasteiger partial charge in [0.2, 0.25) is 11.8 Å². The van der Waals surface area contributed by atoms with Crippen LogP contribution >= 0.6 is 0 Å². The van der Waals surface area contributed by atoms with Gasteiger partial charge in [-0.2, -0.15) is 0 Å². The van der Waals surface area contributed by atoms with Crippen LogP contribution in [0, 0.1) is 19.8 Å². The van der Waals surface area contributed by atoms with E-state index < -0.39 is 0 Å². The average molecular weight is 263 g/mol. The average Bonchev–Trinajstić information content (AvgIpc) is 2.68. The fraction of sp³-hybridized carbons (Fsp3) is 0.571. The van der Waals surface area contributed by atoms with E-state index in [1.54, 1.807) is 0 Å². The number of rotatable bonds is 3. The molecule has 19 heavy (non-hydrogen) atoms. The highest BCUT2D eigenvalue weighted by molar-refractivity contribution is 5.80. The molecule has 0 aromatic carbocycles. The number of carbonyl (C=O) groups is 2. The number of H-pyrrole nitrogens is 1. The summed E-state index contributed by atoms with van der Waals surface area (Å²) in [5.41, 5.74) is 8.47. The third-order valence-electron chi connectivity index (χ3n) is 3.85. The lowest BCUT2D eigenvalue weighted by Gasteiger charge is -2.30. The molecular weight excluding hydrogens is 242 g/mol. The third kappa shape index (κ3) is 3.16. The van der Waals surface area contributed by atoms with Crippen LogP contribution in [-0.4, -0.2) is 34.8 Å². The number of piperidine rings is 1. The number of nitrogens with one attached hydrogen (secondary N) is 1. The number of hydrogen-bond acceptors (Lipinski definition) is 2. The SMILES string of the molecule is Cc1cc(CC(=O)N2CCC(C(N)=O)CC2)c(C)[nH]1. The number of aromatic amines is 1. The maximum absolute atomic E-state index is 12.2. The molecule has 5 nitrogen and oxygen atoms in total. The van der Waals surface area contributed by atoms with Gasteiger partial charge in [0.05, 0.1) is 6.42 Å². The molecule has 104 valence electrons. The van der Waals surface area contributed by atoms with Crippen LogP contribution in [0.1, 0.15) is 29.8 Å². The van der Waals surface area contributed by atoms with E-state index in [1.165, 1.54) is 0 Å². The lowest BCUT2D eigenvalue weighted by Crippen LogP contribution is -2.42. The Morgan fingerprint density at radius 3 is 2.47 bits per heavy atom. The molecule has 2 amide bonds. The number of amides is 2. The molecule has 1 aliphatic rings. The molecule has 0 saturated carbocycles. The molecule has 0 unspecified atom stereocenters. The summed E-state index contributed by atoms with van der Waals surface area (Å²) in [4.78, 5) is 28.3. The van der Waals surface area contributed by atoms with Crippen LogP contribution in [-0.2, 0) is 16.0 Å². The highest BCUT2D eigenvalue weighted by Crippen LogP contribution is 2.18. The van der Waals surface area contributed by atoms with Gasteiger partial charge >= 0.3 is 0 Å². The number of carbonyl (C=O) groups excluding carboxylic acids is 2. The van der Waals surface area contributed by atoms with Crippen LogP contribution in [0.5, 0.6) is 0 Å². The Labute approximate surface area is 113 Å². The van der Waals surface area contributed by atoms with Crippen molar-refractivity contribution in [3.05, 3.63) is 23.0 Å². The van der Waals surface area contributed by atoms with Crippen molar-refractivity contribution in [1.82, 2.24) is 9.88 Å². The van der Waals surface area contributed by atoms with Gasteiger partial charge in [0.25, 0.3) is 0 Å². The lowest BCUT2D eigenvalue weighted by molar-refractivity contribution is -0.134. The number of nitrogens with zero attached hydrogens (tertiary/aromatic N) is 1. The molecular formula is C14H21N3O2. The standard InChI is InChI=1S/C14H21N3O2/c1-9-7-12(10(2)16-9)8-13(18)17-5-3-11(4-6-17)14(15)19/h7,11,16H,3-6,8H2,1-2H3,(H2,15,19). The van der Waals surface area contributed by atoms with Gasteiger partial charge in [0.1, 0.15) is 0 Å². The Kier molecular flexibility index (Phi) is 3.93. The van der Waals surface area contributed by atoms with Crippen molar-refractivity contribution in [3.8, 4) is 0 Å². The molecule has 1 fully saturated rings. The Morgan fingerprint density at radius 1 is 1.37 bits per heavy atom. The molecule has 3 N–H and O–H groups in total. The summed E-state index contributed by atoms with van der Waals surface area (Å²) in [6.45, 7) is 5.23. The third-order valence-corrected chi connectivity index (χ3v) is 3.85. The normalized spacial score (nSPS) is 16.6. The molecule has 1 aromatic heterocycles. The fourth-order valence-corrected chi connectivity index (χ4v) is 2.65. The Hall–Kier alpha value is -1.78. The minimum atomic E-state index is -0.246. The van der Waals surface area contributed by atoms with Gasteiger partial charge in [-0.25, -0.2) is 0 Å². The van der Waals surface area contributed by atoms with Gasteiger partial charge < -0.3 is 15.6 Å². The Balaban J connectivity index is 1.91. The van der Waals surface area contributed by atoms with Crippen molar-refractivity contribution >= 4 is 11.8 Å². The summed E-state index contributed by atoms with van der Waals surface area (Å²) < 4.78 is 0. The van der Waals surface area contributed by atoms with Crippen LogP contribution in [0.25, 0.3) is 0 Å². The number of aromatic nitrogens is 1. The topological polar surface area (TPSA) is 79.2 Å². The van der Waals surface area contributed by atoms with E-state index in [0.29, 0.717) is 32.4 Å². The number of aryl methyl sites for hydroxylation is 2. The zero-order valence-electron chi connectivity index (χ0n) is 11.5. The number of hydrogen-bond donors (Lipinski definition) is 2. The summed E-state index contributed by atoms with van der Waals surface area (Å²) >= 11 is 0. The van der Waals surface area contributed by atoms with Crippen molar-refractivity contribution in [3.63, 3.8) is 0 Å². The van der Waals surface area contributed by atoms with E-state index in [9.17, 15) is 9.59 Å². The van der Waals surface area contributed by atoms with Crippen molar-refractivity contribution in [1.29, 1.82) is 0 Å². The van der Waals surface area contributed by atoms with Crippen molar-refractivity contribution in [2.24, 2.45) is 11.7 Å². The first-order valence-electron chi connectivity index (χ1n) is 6.69. The maximum Gasteiger partial charge on any atom is 0.227 e. The second kappa shape index (κ2) is 5.47. The predicted octanol–water partition coefficient (Wildman–Crippen LogP) is 0.898. The maximum atomic E-state index is 12.2.